The molecule has 0 spiro atoms. The van der Waals surface area contributed by atoms with Crippen LogP contribution in [0.1, 0.15) is 11.1 Å². The number of hydrogen-bond donors (Lipinski definition) is 1. The van der Waals surface area contributed by atoms with Crippen molar-refractivity contribution in [2.24, 2.45) is 10.7 Å². The number of allylic oxidation sites excluding steroid dienone is 2. The third kappa shape index (κ3) is 2.97. The molecular weight excluding hydrogens is 200 g/mol. The summed E-state index contributed by atoms with van der Waals surface area (Å²) in [7, 11) is 0. The largest absolute Gasteiger partial charge is 0.388 e. The van der Waals surface area contributed by atoms with Gasteiger partial charge in [0.25, 0.3) is 0 Å². The van der Waals surface area contributed by atoms with Crippen molar-refractivity contribution in [3.8, 4) is 12.1 Å². The van der Waals surface area contributed by atoms with E-state index >= 15 is 0 Å². The number of hydrogen-bond acceptors (Lipinski definition) is 4. The van der Waals surface area contributed by atoms with E-state index in [9.17, 15) is 0 Å². The summed E-state index contributed by atoms with van der Waals surface area (Å²) in [5, 5.41) is 17.2. The van der Waals surface area contributed by atoms with Gasteiger partial charge in [-0.3, -0.25) is 0 Å². The molecule has 4 nitrogen and oxygen atoms in total. The lowest BCUT2D eigenvalue weighted by Crippen LogP contribution is -1.97. The molecule has 1 aromatic rings. The molecule has 1 rings (SSSR count). The molecule has 0 heterocycles. The normalized spacial score (nSPS) is 11.7. The number of nitrogens with zero attached hydrogens (tertiary/aromatic N) is 3. The van der Waals surface area contributed by atoms with Crippen molar-refractivity contribution in [1.29, 1.82) is 10.5 Å². The predicted octanol–water partition coefficient (Wildman–Crippen LogP) is 1.63. The van der Waals surface area contributed by atoms with Crippen LogP contribution in [-0.2, 0) is 0 Å². The van der Waals surface area contributed by atoms with E-state index in [1.54, 1.807) is 12.1 Å². The summed E-state index contributed by atoms with van der Waals surface area (Å²) < 4.78 is 0. The van der Waals surface area contributed by atoms with E-state index in [2.05, 4.69) is 4.99 Å². The average Bonchev–Trinajstić information content (AvgIpc) is 2.31. The highest BCUT2D eigenvalue weighted by Gasteiger charge is 1.98. The molecular formula is C12H10N4. The van der Waals surface area contributed by atoms with Gasteiger partial charge in [-0.25, -0.2) is 4.99 Å². The van der Waals surface area contributed by atoms with Crippen molar-refractivity contribution in [2.45, 2.75) is 6.92 Å². The van der Waals surface area contributed by atoms with Gasteiger partial charge in [-0.15, -0.1) is 0 Å². The first kappa shape index (κ1) is 11.5. The van der Waals surface area contributed by atoms with Crippen LogP contribution in [0, 0.1) is 29.6 Å². The molecule has 0 saturated heterocycles. The molecule has 78 valence electrons. The van der Waals surface area contributed by atoms with E-state index in [1.807, 2.05) is 31.2 Å². The van der Waals surface area contributed by atoms with Gasteiger partial charge in [0.2, 0.25) is 0 Å². The highest BCUT2D eigenvalue weighted by Crippen LogP contribution is 2.03. The van der Waals surface area contributed by atoms with Crippen molar-refractivity contribution in [3.63, 3.8) is 0 Å². The maximum Gasteiger partial charge on any atom is 0.174 e. The monoisotopic (exact) mass is 210 g/mol. The first-order valence-corrected chi connectivity index (χ1v) is 4.58. The molecule has 1 aromatic carbocycles. The minimum atomic E-state index is -0.175. The SMILES string of the molecule is Cc1ccc(C=NC(C#N)=C(N)C#N)cc1. The Kier molecular flexibility index (Phi) is 3.83. The van der Waals surface area contributed by atoms with Crippen molar-refractivity contribution < 1.29 is 0 Å². The number of rotatable bonds is 2. The number of benzene rings is 1. The summed E-state index contributed by atoms with van der Waals surface area (Å²) >= 11 is 0. The quantitative estimate of drug-likeness (QED) is 0.594. The van der Waals surface area contributed by atoms with Gasteiger partial charge in [-0.1, -0.05) is 29.8 Å². The Hall–Kier alpha value is -2.59. The lowest BCUT2D eigenvalue weighted by molar-refractivity contribution is 1.27. The molecule has 0 unspecified atom stereocenters. The van der Waals surface area contributed by atoms with Crippen LogP contribution in [0.15, 0.2) is 40.7 Å². The van der Waals surface area contributed by atoms with Crippen LogP contribution in [0.4, 0.5) is 0 Å². The molecule has 4 heteroatoms. The van der Waals surface area contributed by atoms with Crippen molar-refractivity contribution in [1.82, 2.24) is 0 Å². The number of nitrogens with two attached hydrogens (primary N) is 1. The standard InChI is InChI=1S/C12H10N4/c1-9-2-4-10(5-3-9)8-16-12(7-14)11(15)6-13/h2-5,8H,15H2,1H3. The number of aliphatic imine (C=N–C) groups is 1. The third-order valence-corrected chi connectivity index (χ3v) is 1.90. The average molecular weight is 210 g/mol. The highest BCUT2D eigenvalue weighted by molar-refractivity contribution is 5.80. The van der Waals surface area contributed by atoms with Gasteiger partial charge in [0.15, 0.2) is 5.70 Å². The Balaban J connectivity index is 2.94. The zero-order valence-electron chi connectivity index (χ0n) is 8.81. The molecule has 0 aromatic heterocycles. The Morgan fingerprint density at radius 2 is 1.88 bits per heavy atom. The molecule has 2 N–H and O–H groups in total. The first-order valence-electron chi connectivity index (χ1n) is 4.58. The predicted molar refractivity (Wildman–Crippen MR) is 61.2 cm³/mol. The maximum absolute atomic E-state index is 8.70. The van der Waals surface area contributed by atoms with Crippen LogP contribution in [0.2, 0.25) is 0 Å². The van der Waals surface area contributed by atoms with E-state index in [0.717, 1.165) is 11.1 Å². The minimum Gasteiger partial charge on any atom is -0.388 e. The minimum absolute atomic E-state index is 0.0666. The second kappa shape index (κ2) is 5.33. The summed E-state index contributed by atoms with van der Waals surface area (Å²) in [5.41, 5.74) is 7.05. The van der Waals surface area contributed by atoms with Gasteiger partial charge in [0, 0.05) is 6.21 Å². The van der Waals surface area contributed by atoms with E-state index in [4.69, 9.17) is 16.3 Å². The third-order valence-electron chi connectivity index (χ3n) is 1.90. The van der Waals surface area contributed by atoms with Gasteiger partial charge in [0.05, 0.1) is 0 Å². The van der Waals surface area contributed by atoms with Crippen LogP contribution in [-0.4, -0.2) is 6.21 Å². The first-order chi connectivity index (χ1) is 7.67. The highest BCUT2D eigenvalue weighted by atomic mass is 14.8. The Morgan fingerprint density at radius 3 is 2.38 bits per heavy atom. The van der Waals surface area contributed by atoms with Crippen molar-refractivity contribution in [2.75, 3.05) is 0 Å². The van der Waals surface area contributed by atoms with Crippen LogP contribution < -0.4 is 5.73 Å². The molecule has 0 aliphatic rings. The number of nitriles is 2. The van der Waals surface area contributed by atoms with Crippen molar-refractivity contribution >= 4 is 6.21 Å². The summed E-state index contributed by atoms with van der Waals surface area (Å²) in [6.45, 7) is 1.98. The topological polar surface area (TPSA) is 86.0 Å². The van der Waals surface area contributed by atoms with E-state index in [1.165, 1.54) is 6.21 Å². The summed E-state index contributed by atoms with van der Waals surface area (Å²) in [6, 6.07) is 11.1. The zero-order chi connectivity index (χ0) is 12.0. The molecule has 0 amide bonds. The lowest BCUT2D eigenvalue weighted by Gasteiger charge is -1.94. The molecule has 0 atom stereocenters. The summed E-state index contributed by atoms with van der Waals surface area (Å²) in [6.07, 6.45) is 1.50. The van der Waals surface area contributed by atoms with Crippen LogP contribution in [0.25, 0.3) is 0 Å². The van der Waals surface area contributed by atoms with Gasteiger partial charge in [-0.05, 0) is 12.5 Å². The fourth-order valence-corrected chi connectivity index (χ4v) is 1.00. The van der Waals surface area contributed by atoms with E-state index in [-0.39, 0.29) is 11.4 Å². The Morgan fingerprint density at radius 1 is 1.25 bits per heavy atom. The van der Waals surface area contributed by atoms with Crippen LogP contribution >= 0.6 is 0 Å². The van der Waals surface area contributed by atoms with Crippen molar-refractivity contribution in [3.05, 3.63) is 46.8 Å². The Bertz CT molecular complexity index is 509. The molecule has 16 heavy (non-hydrogen) atoms. The molecule has 0 saturated carbocycles. The number of aryl methyl sites for hydroxylation is 1. The molecule has 0 bridgehead atoms. The molecule has 0 aliphatic heterocycles. The smallest absolute Gasteiger partial charge is 0.174 e. The maximum atomic E-state index is 8.70. The molecule has 0 fully saturated rings. The summed E-state index contributed by atoms with van der Waals surface area (Å²) in [5.74, 6) is 0. The second-order valence-corrected chi connectivity index (χ2v) is 3.15. The van der Waals surface area contributed by atoms with Gasteiger partial charge in [-0.2, -0.15) is 10.5 Å². The fourth-order valence-electron chi connectivity index (χ4n) is 1.00. The summed E-state index contributed by atoms with van der Waals surface area (Å²) in [4.78, 5) is 3.86. The zero-order valence-corrected chi connectivity index (χ0v) is 8.81. The molecule has 0 aliphatic carbocycles. The Labute approximate surface area is 94.0 Å². The van der Waals surface area contributed by atoms with Crippen LogP contribution in [0.3, 0.4) is 0 Å². The fraction of sp³-hybridized carbons (Fsp3) is 0.0833. The lowest BCUT2D eigenvalue weighted by atomic mass is 10.2. The molecule has 0 radical (unpaired) electrons. The van der Waals surface area contributed by atoms with Gasteiger partial charge in [0.1, 0.15) is 17.8 Å². The van der Waals surface area contributed by atoms with E-state index < -0.39 is 0 Å². The van der Waals surface area contributed by atoms with Gasteiger partial charge < -0.3 is 5.73 Å². The van der Waals surface area contributed by atoms with E-state index in [0.29, 0.717) is 0 Å². The van der Waals surface area contributed by atoms with Crippen LogP contribution in [0.5, 0.6) is 0 Å². The van der Waals surface area contributed by atoms with Gasteiger partial charge >= 0.3 is 0 Å². The second-order valence-electron chi connectivity index (χ2n) is 3.15.